The fourth-order valence-electron chi connectivity index (χ4n) is 3.17. The average molecular weight is 253 g/mol. The predicted molar refractivity (Wildman–Crippen MR) is 73.3 cm³/mol. The molecule has 2 heterocycles. The van der Waals surface area contributed by atoms with Crippen LogP contribution in [-0.4, -0.2) is 53.6 Å². The Morgan fingerprint density at radius 1 is 1.39 bits per heavy atom. The minimum absolute atomic E-state index is 0.0516. The van der Waals surface area contributed by atoms with Crippen LogP contribution in [0.4, 0.5) is 0 Å². The molecule has 0 saturated carbocycles. The summed E-state index contributed by atoms with van der Waals surface area (Å²) < 4.78 is 0. The van der Waals surface area contributed by atoms with Crippen LogP contribution < -0.4 is 5.32 Å². The second-order valence-electron chi connectivity index (χ2n) is 5.77. The summed E-state index contributed by atoms with van der Waals surface area (Å²) in [5.41, 5.74) is 0. The summed E-state index contributed by atoms with van der Waals surface area (Å²) in [5.74, 6) is 0.301. The second-order valence-corrected chi connectivity index (χ2v) is 5.77. The molecule has 2 aliphatic rings. The van der Waals surface area contributed by atoms with E-state index in [4.69, 9.17) is 0 Å². The quantitative estimate of drug-likeness (QED) is 0.805. The lowest BCUT2D eigenvalue weighted by molar-refractivity contribution is -0.130. The molecule has 0 aromatic rings. The number of carbonyl (C=O) groups excluding carboxylic acids is 1. The summed E-state index contributed by atoms with van der Waals surface area (Å²) in [4.78, 5) is 16.8. The minimum atomic E-state index is 0.0516. The van der Waals surface area contributed by atoms with Crippen molar-refractivity contribution in [3.05, 3.63) is 0 Å². The van der Waals surface area contributed by atoms with E-state index in [1.807, 2.05) is 4.90 Å². The van der Waals surface area contributed by atoms with Gasteiger partial charge in [0.25, 0.3) is 0 Å². The van der Waals surface area contributed by atoms with Gasteiger partial charge in [-0.1, -0.05) is 13.3 Å². The third kappa shape index (κ3) is 2.86. The van der Waals surface area contributed by atoms with E-state index in [1.54, 1.807) is 0 Å². The first-order chi connectivity index (χ1) is 8.63. The standard InChI is InChI=1S/C14H27N3O/c1-4-7-13-14(18)17(12(3)15-13)10-11(2)16-8-5-6-9-16/h11-13,15H,4-10H2,1-3H3. The van der Waals surface area contributed by atoms with Crippen molar-refractivity contribution < 1.29 is 4.79 Å². The van der Waals surface area contributed by atoms with Crippen molar-refractivity contribution in [2.24, 2.45) is 0 Å². The zero-order chi connectivity index (χ0) is 13.1. The number of hydrogen-bond donors (Lipinski definition) is 1. The molecule has 3 atom stereocenters. The number of hydrogen-bond acceptors (Lipinski definition) is 3. The van der Waals surface area contributed by atoms with Crippen LogP contribution in [-0.2, 0) is 4.79 Å². The Morgan fingerprint density at radius 2 is 2.06 bits per heavy atom. The van der Waals surface area contributed by atoms with Crippen molar-refractivity contribution >= 4 is 5.91 Å². The van der Waals surface area contributed by atoms with Gasteiger partial charge in [0.2, 0.25) is 5.91 Å². The van der Waals surface area contributed by atoms with Gasteiger partial charge in [-0.2, -0.15) is 0 Å². The first-order valence-electron chi connectivity index (χ1n) is 7.44. The Labute approximate surface area is 111 Å². The monoisotopic (exact) mass is 253 g/mol. The van der Waals surface area contributed by atoms with Crippen molar-refractivity contribution in [1.82, 2.24) is 15.1 Å². The third-order valence-electron chi connectivity index (χ3n) is 4.29. The van der Waals surface area contributed by atoms with Crippen LogP contribution in [0.5, 0.6) is 0 Å². The highest BCUT2D eigenvalue weighted by Gasteiger charge is 2.36. The summed E-state index contributed by atoms with van der Waals surface area (Å²) in [6.07, 6.45) is 4.83. The van der Waals surface area contributed by atoms with Gasteiger partial charge in [-0.05, 0) is 46.2 Å². The fourth-order valence-corrected chi connectivity index (χ4v) is 3.17. The molecule has 104 valence electrons. The lowest BCUT2D eigenvalue weighted by Gasteiger charge is -2.30. The van der Waals surface area contributed by atoms with Gasteiger partial charge < -0.3 is 4.90 Å². The van der Waals surface area contributed by atoms with Crippen LogP contribution in [0.15, 0.2) is 0 Å². The maximum absolute atomic E-state index is 12.3. The van der Waals surface area contributed by atoms with E-state index in [9.17, 15) is 4.79 Å². The van der Waals surface area contributed by atoms with Crippen molar-refractivity contribution in [3.8, 4) is 0 Å². The van der Waals surface area contributed by atoms with E-state index < -0.39 is 0 Å². The van der Waals surface area contributed by atoms with Crippen molar-refractivity contribution in [3.63, 3.8) is 0 Å². The molecular formula is C14H27N3O. The SMILES string of the molecule is CCCC1NC(C)N(CC(C)N2CCCC2)C1=O. The smallest absolute Gasteiger partial charge is 0.241 e. The van der Waals surface area contributed by atoms with Gasteiger partial charge >= 0.3 is 0 Å². The van der Waals surface area contributed by atoms with Gasteiger partial charge in [0, 0.05) is 12.6 Å². The maximum Gasteiger partial charge on any atom is 0.241 e. The van der Waals surface area contributed by atoms with Gasteiger partial charge in [-0.15, -0.1) is 0 Å². The topological polar surface area (TPSA) is 35.6 Å². The minimum Gasteiger partial charge on any atom is -0.325 e. The fraction of sp³-hybridized carbons (Fsp3) is 0.929. The number of carbonyl (C=O) groups is 1. The van der Waals surface area contributed by atoms with Gasteiger partial charge in [0.05, 0.1) is 12.2 Å². The second kappa shape index (κ2) is 6.02. The van der Waals surface area contributed by atoms with Crippen LogP contribution in [0, 0.1) is 0 Å². The molecule has 0 spiro atoms. The van der Waals surface area contributed by atoms with Crippen LogP contribution in [0.25, 0.3) is 0 Å². The first-order valence-corrected chi connectivity index (χ1v) is 7.44. The van der Waals surface area contributed by atoms with E-state index in [1.165, 1.54) is 25.9 Å². The predicted octanol–water partition coefficient (Wildman–Crippen LogP) is 1.42. The zero-order valence-electron chi connectivity index (χ0n) is 12.0. The number of nitrogens with zero attached hydrogens (tertiary/aromatic N) is 2. The van der Waals surface area contributed by atoms with Crippen molar-refractivity contribution in [2.45, 2.75) is 64.7 Å². The molecule has 2 fully saturated rings. The summed E-state index contributed by atoms with van der Waals surface area (Å²) in [6, 6.07) is 0.539. The molecule has 3 unspecified atom stereocenters. The molecule has 4 nitrogen and oxygen atoms in total. The normalized spacial score (nSPS) is 31.3. The Balaban J connectivity index is 1.89. The molecule has 0 radical (unpaired) electrons. The Morgan fingerprint density at radius 3 is 2.67 bits per heavy atom. The van der Waals surface area contributed by atoms with E-state index in [-0.39, 0.29) is 12.2 Å². The largest absolute Gasteiger partial charge is 0.325 e. The number of rotatable bonds is 5. The highest BCUT2D eigenvalue weighted by Crippen LogP contribution is 2.18. The number of nitrogens with one attached hydrogen (secondary N) is 1. The van der Waals surface area contributed by atoms with E-state index in [2.05, 4.69) is 31.0 Å². The molecule has 0 aromatic heterocycles. The lowest BCUT2D eigenvalue weighted by Crippen LogP contribution is -2.45. The molecular weight excluding hydrogens is 226 g/mol. The van der Waals surface area contributed by atoms with Crippen LogP contribution in [0.3, 0.4) is 0 Å². The molecule has 18 heavy (non-hydrogen) atoms. The molecule has 2 rings (SSSR count). The third-order valence-corrected chi connectivity index (χ3v) is 4.29. The van der Waals surface area contributed by atoms with Crippen LogP contribution in [0.1, 0.15) is 46.5 Å². The molecule has 1 N–H and O–H groups in total. The summed E-state index contributed by atoms with van der Waals surface area (Å²) in [5, 5.41) is 3.41. The molecule has 0 aromatic carbocycles. The summed E-state index contributed by atoms with van der Waals surface area (Å²) in [7, 11) is 0. The Kier molecular flexibility index (Phi) is 4.62. The van der Waals surface area contributed by atoms with Crippen LogP contribution in [0.2, 0.25) is 0 Å². The van der Waals surface area contributed by atoms with Crippen LogP contribution >= 0.6 is 0 Å². The summed E-state index contributed by atoms with van der Waals surface area (Å²) in [6.45, 7) is 9.75. The van der Waals surface area contributed by atoms with E-state index in [0.717, 1.165) is 19.4 Å². The summed E-state index contributed by atoms with van der Waals surface area (Å²) >= 11 is 0. The zero-order valence-corrected chi connectivity index (χ0v) is 12.0. The van der Waals surface area contributed by atoms with Gasteiger partial charge in [-0.25, -0.2) is 0 Å². The van der Waals surface area contributed by atoms with Gasteiger partial charge in [0.1, 0.15) is 0 Å². The molecule has 1 amide bonds. The van der Waals surface area contributed by atoms with E-state index >= 15 is 0 Å². The van der Waals surface area contributed by atoms with Gasteiger partial charge in [0.15, 0.2) is 0 Å². The molecule has 4 heteroatoms. The average Bonchev–Trinajstić information content (AvgIpc) is 2.94. The Hall–Kier alpha value is -0.610. The molecule has 2 saturated heterocycles. The first kappa shape index (κ1) is 13.8. The molecule has 0 bridgehead atoms. The maximum atomic E-state index is 12.3. The van der Waals surface area contributed by atoms with Crippen molar-refractivity contribution in [1.29, 1.82) is 0 Å². The highest BCUT2D eigenvalue weighted by atomic mass is 16.2. The number of amides is 1. The highest BCUT2D eigenvalue weighted by molar-refractivity contribution is 5.84. The molecule has 0 aliphatic carbocycles. The van der Waals surface area contributed by atoms with E-state index in [0.29, 0.717) is 11.9 Å². The Bertz CT molecular complexity index is 289. The van der Waals surface area contributed by atoms with Gasteiger partial charge in [-0.3, -0.25) is 15.0 Å². The van der Waals surface area contributed by atoms with Crippen molar-refractivity contribution in [2.75, 3.05) is 19.6 Å². The number of likely N-dealkylation sites (tertiary alicyclic amines) is 1. The lowest BCUT2D eigenvalue weighted by atomic mass is 10.1. The molecule has 2 aliphatic heterocycles.